The third kappa shape index (κ3) is 3.23. The molecular formula is C14H8Br2N4O2. The number of halogens is 2. The molecule has 0 radical (unpaired) electrons. The van der Waals surface area contributed by atoms with E-state index in [1.807, 2.05) is 24.3 Å². The summed E-state index contributed by atoms with van der Waals surface area (Å²) < 4.78 is 1.87. The van der Waals surface area contributed by atoms with Gasteiger partial charge in [-0.1, -0.05) is 31.9 Å². The molecule has 22 heavy (non-hydrogen) atoms. The molecule has 0 saturated heterocycles. The van der Waals surface area contributed by atoms with Crippen molar-refractivity contribution in [1.82, 2.24) is 9.97 Å². The van der Waals surface area contributed by atoms with Crippen LogP contribution in [0.2, 0.25) is 0 Å². The second-order valence-corrected chi connectivity index (χ2v) is 6.24. The maximum Gasteiger partial charge on any atom is 0.368 e. The Morgan fingerprint density at radius 2 is 1.41 bits per heavy atom. The normalized spacial score (nSPS) is 12.2. The van der Waals surface area contributed by atoms with Gasteiger partial charge in [0, 0.05) is 8.95 Å². The number of fused-ring (bicyclic) bond motifs is 2. The number of hydrogen-bond donors (Lipinski definition) is 2. The van der Waals surface area contributed by atoms with Crippen LogP contribution in [0.3, 0.4) is 0 Å². The predicted octanol–water partition coefficient (Wildman–Crippen LogP) is 2.44. The predicted molar refractivity (Wildman–Crippen MR) is 88.5 cm³/mol. The van der Waals surface area contributed by atoms with Crippen LogP contribution in [-0.2, 0) is 0 Å². The molecule has 0 saturated carbocycles. The Labute approximate surface area is 140 Å². The van der Waals surface area contributed by atoms with Crippen molar-refractivity contribution < 1.29 is 4.79 Å². The quantitative estimate of drug-likeness (QED) is 0.581. The minimum Gasteiger partial charge on any atom is -0.306 e. The molecule has 2 aromatic carbocycles. The molecule has 0 unspecified atom stereocenters. The lowest BCUT2D eigenvalue weighted by atomic mass is 10.3. The zero-order chi connectivity index (χ0) is 15.7. The molecule has 1 aliphatic rings. The summed E-state index contributed by atoms with van der Waals surface area (Å²) in [5.41, 5.74) is 1.49. The van der Waals surface area contributed by atoms with E-state index in [9.17, 15) is 9.59 Å². The molecule has 0 atom stereocenters. The first-order valence-electron chi connectivity index (χ1n) is 6.16. The Bertz CT molecular complexity index is 1050. The van der Waals surface area contributed by atoms with Crippen molar-refractivity contribution in [2.45, 2.75) is 0 Å². The lowest BCUT2D eigenvalue weighted by Gasteiger charge is -1.87. The molecule has 2 heterocycles. The molecule has 6 nitrogen and oxygen atoms in total. The van der Waals surface area contributed by atoms with E-state index < -0.39 is 6.03 Å². The molecule has 2 N–H and O–H groups in total. The number of amides is 2. The maximum atomic E-state index is 10.8. The van der Waals surface area contributed by atoms with Gasteiger partial charge in [0.15, 0.2) is 0 Å². The van der Waals surface area contributed by atoms with E-state index in [4.69, 9.17) is 0 Å². The third-order valence-electron chi connectivity index (χ3n) is 2.85. The van der Waals surface area contributed by atoms with E-state index >= 15 is 0 Å². The van der Waals surface area contributed by atoms with Gasteiger partial charge in [0.05, 0.1) is 21.7 Å². The highest BCUT2D eigenvalue weighted by Gasteiger charge is 2.03. The Balaban J connectivity index is 0.000000131. The van der Waals surface area contributed by atoms with E-state index in [0.717, 1.165) is 20.0 Å². The van der Waals surface area contributed by atoms with Crippen LogP contribution in [0.5, 0.6) is 0 Å². The number of imidazole rings is 1. The second-order valence-electron chi connectivity index (χ2n) is 4.41. The Morgan fingerprint density at radius 3 is 2.23 bits per heavy atom. The number of aromatic amines is 2. The van der Waals surface area contributed by atoms with Crippen LogP contribution in [0.25, 0.3) is 11.0 Å². The van der Waals surface area contributed by atoms with Gasteiger partial charge in [0.1, 0.15) is 0 Å². The Hall–Kier alpha value is -2.06. The molecule has 0 spiro atoms. The van der Waals surface area contributed by atoms with Gasteiger partial charge in [-0.3, -0.25) is 0 Å². The van der Waals surface area contributed by atoms with Crippen LogP contribution >= 0.6 is 31.9 Å². The molecule has 1 aliphatic heterocycles. The van der Waals surface area contributed by atoms with Crippen molar-refractivity contribution in [3.63, 3.8) is 0 Å². The monoisotopic (exact) mass is 422 g/mol. The number of benzene rings is 2. The minimum atomic E-state index is -0.418. The molecule has 4 rings (SSSR count). The van der Waals surface area contributed by atoms with Gasteiger partial charge in [-0.05, 0) is 36.4 Å². The summed E-state index contributed by atoms with van der Waals surface area (Å²) in [4.78, 5) is 34.1. The van der Waals surface area contributed by atoms with Gasteiger partial charge in [-0.25, -0.2) is 9.59 Å². The highest BCUT2D eigenvalue weighted by atomic mass is 79.9. The SMILES string of the molecule is O=C1N=c2ccc(Br)cc2=N1.O=c1[nH]c2ccc(Br)cc2[nH]1. The lowest BCUT2D eigenvalue weighted by molar-refractivity contribution is 0.256. The number of hydrogen-bond acceptors (Lipinski definition) is 2. The first-order chi connectivity index (χ1) is 10.5. The number of aromatic nitrogens is 2. The molecule has 2 amide bonds. The minimum absolute atomic E-state index is 0.168. The van der Waals surface area contributed by atoms with Crippen molar-refractivity contribution in [1.29, 1.82) is 0 Å². The Kier molecular flexibility index (Phi) is 4.04. The molecule has 3 aromatic rings. The van der Waals surface area contributed by atoms with Crippen LogP contribution in [0.4, 0.5) is 4.79 Å². The van der Waals surface area contributed by atoms with Gasteiger partial charge < -0.3 is 9.97 Å². The fraction of sp³-hybridized carbons (Fsp3) is 0. The van der Waals surface area contributed by atoms with Crippen LogP contribution in [0, 0.1) is 0 Å². The molecule has 0 bridgehead atoms. The summed E-state index contributed by atoms with van der Waals surface area (Å²) in [5, 5.41) is 1.29. The van der Waals surface area contributed by atoms with Crippen LogP contribution in [0.1, 0.15) is 0 Å². The van der Waals surface area contributed by atoms with E-state index in [-0.39, 0.29) is 5.69 Å². The highest BCUT2D eigenvalue weighted by Crippen LogP contribution is 2.14. The van der Waals surface area contributed by atoms with Crippen molar-refractivity contribution in [2.24, 2.45) is 9.98 Å². The van der Waals surface area contributed by atoms with E-state index in [1.165, 1.54) is 0 Å². The number of carbonyl (C=O) groups is 1. The fourth-order valence-corrected chi connectivity index (χ4v) is 2.63. The van der Waals surface area contributed by atoms with Gasteiger partial charge >= 0.3 is 11.7 Å². The second kappa shape index (κ2) is 5.98. The summed E-state index contributed by atoms with van der Waals surface area (Å²) in [6.45, 7) is 0. The van der Waals surface area contributed by atoms with Crippen LogP contribution < -0.4 is 16.4 Å². The zero-order valence-corrected chi connectivity index (χ0v) is 14.1. The summed E-state index contributed by atoms with van der Waals surface area (Å²) >= 11 is 6.58. The standard InChI is InChI=1S/C7H5BrN2O.C7H3BrN2O/c2*8-4-1-2-5-6(3-4)10-7(11)9-5/h1-3H,(H2,9,10,11);1-3H. The molecule has 110 valence electrons. The van der Waals surface area contributed by atoms with E-state index in [0.29, 0.717) is 10.7 Å². The average molecular weight is 424 g/mol. The molecule has 0 fully saturated rings. The number of nitrogens with one attached hydrogen (secondary N) is 2. The van der Waals surface area contributed by atoms with Crippen molar-refractivity contribution in [2.75, 3.05) is 0 Å². The number of urea groups is 1. The first-order valence-corrected chi connectivity index (χ1v) is 7.74. The van der Waals surface area contributed by atoms with E-state index in [1.54, 1.807) is 12.1 Å². The van der Waals surface area contributed by atoms with Crippen LogP contribution in [0.15, 0.2) is 60.1 Å². The number of nitrogens with zero attached hydrogens (tertiary/aromatic N) is 2. The highest BCUT2D eigenvalue weighted by molar-refractivity contribution is 9.10. The van der Waals surface area contributed by atoms with Gasteiger partial charge in [0.25, 0.3) is 0 Å². The van der Waals surface area contributed by atoms with Crippen molar-refractivity contribution in [3.05, 3.63) is 66.5 Å². The van der Waals surface area contributed by atoms with Crippen molar-refractivity contribution >= 4 is 48.9 Å². The Morgan fingerprint density at radius 1 is 0.773 bits per heavy atom. The summed E-state index contributed by atoms with van der Waals surface area (Å²) in [6, 6.07) is 10.5. The maximum absolute atomic E-state index is 10.8. The number of H-pyrrole nitrogens is 2. The summed E-state index contributed by atoms with van der Waals surface area (Å²) in [5.74, 6) is 0. The topological polar surface area (TPSA) is 90.4 Å². The van der Waals surface area contributed by atoms with Gasteiger partial charge in [0.2, 0.25) is 0 Å². The number of carbonyl (C=O) groups excluding carboxylic acids is 1. The van der Waals surface area contributed by atoms with Crippen molar-refractivity contribution in [3.8, 4) is 0 Å². The molecular weight excluding hydrogens is 416 g/mol. The summed E-state index contributed by atoms with van der Waals surface area (Å²) in [7, 11) is 0. The van der Waals surface area contributed by atoms with Crippen LogP contribution in [-0.4, -0.2) is 16.0 Å². The molecule has 8 heteroatoms. The zero-order valence-electron chi connectivity index (χ0n) is 10.9. The third-order valence-corrected chi connectivity index (χ3v) is 3.83. The molecule has 1 aromatic heterocycles. The van der Waals surface area contributed by atoms with E-state index in [2.05, 4.69) is 51.8 Å². The largest absolute Gasteiger partial charge is 0.368 e. The lowest BCUT2D eigenvalue weighted by Crippen LogP contribution is -2.20. The first kappa shape index (κ1) is 14.9. The average Bonchev–Trinajstić information content (AvgIpc) is 2.99. The smallest absolute Gasteiger partial charge is 0.306 e. The summed E-state index contributed by atoms with van der Waals surface area (Å²) in [6.07, 6.45) is 0. The fourth-order valence-electron chi connectivity index (χ4n) is 1.92. The van der Waals surface area contributed by atoms with Gasteiger partial charge in [-0.2, -0.15) is 9.98 Å². The number of rotatable bonds is 0. The van der Waals surface area contributed by atoms with Gasteiger partial charge in [-0.15, -0.1) is 0 Å². The molecule has 0 aliphatic carbocycles.